The lowest BCUT2D eigenvalue weighted by Crippen LogP contribution is -2.13. The Morgan fingerprint density at radius 3 is 2.81 bits per heavy atom. The van der Waals surface area contributed by atoms with E-state index in [0.29, 0.717) is 10.7 Å². The van der Waals surface area contributed by atoms with Crippen LogP contribution in [0, 0.1) is 6.92 Å². The van der Waals surface area contributed by atoms with Crippen LogP contribution in [0.25, 0.3) is 0 Å². The summed E-state index contributed by atoms with van der Waals surface area (Å²) in [7, 11) is 1.84. The number of Topliss-reactive ketones (excluding diaryl/α,β-unsaturated/α-hetero) is 1. The van der Waals surface area contributed by atoms with Crippen molar-refractivity contribution in [3.8, 4) is 0 Å². The van der Waals surface area contributed by atoms with E-state index >= 15 is 0 Å². The zero-order chi connectivity index (χ0) is 11.7. The Labute approximate surface area is 98.4 Å². The summed E-state index contributed by atoms with van der Waals surface area (Å²) >= 11 is 5.87. The summed E-state index contributed by atoms with van der Waals surface area (Å²) in [5.74, 6) is 0.0201. The van der Waals surface area contributed by atoms with Gasteiger partial charge in [0.25, 0.3) is 0 Å². The fourth-order valence-corrected chi connectivity index (χ4v) is 1.70. The van der Waals surface area contributed by atoms with Crippen molar-refractivity contribution in [2.24, 2.45) is 7.05 Å². The van der Waals surface area contributed by atoms with Gasteiger partial charge >= 0.3 is 0 Å². The first-order chi connectivity index (χ1) is 7.58. The molecule has 0 bridgehead atoms. The van der Waals surface area contributed by atoms with Gasteiger partial charge in [0, 0.05) is 19.4 Å². The Morgan fingerprint density at radius 2 is 2.31 bits per heavy atom. The van der Waals surface area contributed by atoms with Crippen LogP contribution in [0.15, 0.2) is 24.5 Å². The topological polar surface area (TPSA) is 39.8 Å². The summed E-state index contributed by atoms with van der Waals surface area (Å²) in [5.41, 5.74) is 1.41. The molecule has 2 aromatic heterocycles. The van der Waals surface area contributed by atoms with Gasteiger partial charge in [0.1, 0.15) is 6.54 Å². The van der Waals surface area contributed by atoms with Crippen LogP contribution < -0.4 is 0 Å². The molecule has 0 unspecified atom stereocenters. The number of halogens is 1. The third-order valence-corrected chi connectivity index (χ3v) is 2.79. The van der Waals surface area contributed by atoms with E-state index in [9.17, 15) is 4.79 Å². The molecule has 5 heteroatoms. The number of nitrogens with zero attached hydrogens (tertiary/aromatic N) is 3. The van der Waals surface area contributed by atoms with Crippen LogP contribution in [-0.2, 0) is 13.6 Å². The average Bonchev–Trinajstić information content (AvgIpc) is 2.74. The second-order valence-electron chi connectivity index (χ2n) is 3.69. The smallest absolute Gasteiger partial charge is 0.200 e. The monoisotopic (exact) mass is 237 g/mol. The van der Waals surface area contributed by atoms with Crippen molar-refractivity contribution >= 4 is 17.4 Å². The first-order valence-electron chi connectivity index (χ1n) is 4.92. The standard InChI is InChI=1S/C11H12ClN3O/c1-8-9(12)6-15(13-8)7-11(16)10-4-3-5-14(10)2/h3-6H,7H2,1-2H3. The van der Waals surface area contributed by atoms with Crippen LogP contribution in [0.2, 0.25) is 5.02 Å². The van der Waals surface area contributed by atoms with E-state index in [1.165, 1.54) is 0 Å². The lowest BCUT2D eigenvalue weighted by molar-refractivity contribution is 0.0960. The summed E-state index contributed by atoms with van der Waals surface area (Å²) in [5, 5.41) is 4.73. The Hall–Kier alpha value is -1.55. The molecule has 0 atom stereocenters. The molecule has 0 aromatic carbocycles. The first-order valence-corrected chi connectivity index (χ1v) is 5.30. The molecule has 0 aliphatic heterocycles. The number of rotatable bonds is 3. The van der Waals surface area contributed by atoms with Crippen LogP contribution in [0.1, 0.15) is 16.2 Å². The van der Waals surface area contributed by atoms with Crippen LogP contribution in [0.4, 0.5) is 0 Å². The van der Waals surface area contributed by atoms with E-state index in [0.717, 1.165) is 5.69 Å². The molecule has 0 saturated heterocycles. The molecule has 0 radical (unpaired) electrons. The van der Waals surface area contributed by atoms with Gasteiger partial charge in [0.05, 0.1) is 16.4 Å². The number of carbonyl (C=O) groups excluding carboxylic acids is 1. The molecule has 0 saturated carbocycles. The molecule has 4 nitrogen and oxygen atoms in total. The SMILES string of the molecule is Cc1nn(CC(=O)c2cccn2C)cc1Cl. The second kappa shape index (κ2) is 4.14. The lowest BCUT2D eigenvalue weighted by Gasteiger charge is -2.02. The van der Waals surface area contributed by atoms with E-state index in [4.69, 9.17) is 11.6 Å². The van der Waals surface area contributed by atoms with Crippen molar-refractivity contribution < 1.29 is 4.79 Å². The maximum Gasteiger partial charge on any atom is 0.200 e. The Balaban J connectivity index is 2.17. The highest BCUT2D eigenvalue weighted by molar-refractivity contribution is 6.31. The fraction of sp³-hybridized carbons (Fsp3) is 0.273. The Kier molecular flexibility index (Phi) is 2.83. The van der Waals surface area contributed by atoms with Crippen molar-refractivity contribution in [1.82, 2.24) is 14.3 Å². The Bertz CT molecular complexity index is 508. The van der Waals surface area contributed by atoms with Crippen molar-refractivity contribution in [2.45, 2.75) is 13.5 Å². The van der Waals surface area contributed by atoms with Crippen molar-refractivity contribution in [3.05, 3.63) is 40.9 Å². The summed E-state index contributed by atoms with van der Waals surface area (Å²) < 4.78 is 3.35. The van der Waals surface area contributed by atoms with Crippen LogP contribution in [0.3, 0.4) is 0 Å². The van der Waals surface area contributed by atoms with E-state index in [1.54, 1.807) is 21.5 Å². The summed E-state index contributed by atoms with van der Waals surface area (Å²) in [6, 6.07) is 3.63. The summed E-state index contributed by atoms with van der Waals surface area (Å²) in [4.78, 5) is 11.9. The van der Waals surface area contributed by atoms with Crippen molar-refractivity contribution in [2.75, 3.05) is 0 Å². The highest BCUT2D eigenvalue weighted by Crippen LogP contribution is 2.12. The van der Waals surface area contributed by atoms with Gasteiger partial charge in [-0.2, -0.15) is 5.10 Å². The van der Waals surface area contributed by atoms with Crippen LogP contribution in [0.5, 0.6) is 0 Å². The molecule has 0 N–H and O–H groups in total. The molecular weight excluding hydrogens is 226 g/mol. The zero-order valence-electron chi connectivity index (χ0n) is 9.14. The average molecular weight is 238 g/mol. The van der Waals surface area contributed by atoms with Gasteiger partial charge in [-0.3, -0.25) is 9.48 Å². The molecule has 0 fully saturated rings. The van der Waals surface area contributed by atoms with Gasteiger partial charge < -0.3 is 4.57 Å². The molecule has 84 valence electrons. The lowest BCUT2D eigenvalue weighted by atomic mass is 10.3. The van der Waals surface area contributed by atoms with Crippen LogP contribution in [-0.4, -0.2) is 20.1 Å². The number of hydrogen-bond donors (Lipinski definition) is 0. The van der Waals surface area contributed by atoms with E-state index < -0.39 is 0 Å². The van der Waals surface area contributed by atoms with E-state index in [-0.39, 0.29) is 12.3 Å². The van der Waals surface area contributed by atoms with Gasteiger partial charge in [-0.05, 0) is 19.1 Å². The molecule has 2 heterocycles. The van der Waals surface area contributed by atoms with E-state index in [2.05, 4.69) is 5.10 Å². The zero-order valence-corrected chi connectivity index (χ0v) is 9.90. The molecule has 2 aromatic rings. The van der Waals surface area contributed by atoms with Gasteiger partial charge in [-0.25, -0.2) is 0 Å². The van der Waals surface area contributed by atoms with Gasteiger partial charge in [0.2, 0.25) is 5.78 Å². The summed E-state index contributed by atoms with van der Waals surface area (Å²) in [6.07, 6.45) is 3.51. The third kappa shape index (κ3) is 2.02. The predicted octanol–water partition coefficient (Wildman–Crippen LogP) is 2.07. The number of hydrogen-bond acceptors (Lipinski definition) is 2. The summed E-state index contributed by atoms with van der Waals surface area (Å²) in [6.45, 7) is 2.03. The number of aromatic nitrogens is 3. The molecule has 0 aliphatic carbocycles. The molecule has 0 amide bonds. The van der Waals surface area contributed by atoms with Gasteiger partial charge in [-0.15, -0.1) is 0 Å². The molecular formula is C11H12ClN3O. The molecule has 0 aliphatic rings. The highest BCUT2D eigenvalue weighted by Gasteiger charge is 2.11. The number of ketones is 1. The molecule has 2 rings (SSSR count). The largest absolute Gasteiger partial charge is 0.348 e. The third-order valence-electron chi connectivity index (χ3n) is 2.42. The first kappa shape index (κ1) is 11.0. The quantitative estimate of drug-likeness (QED) is 0.767. The van der Waals surface area contributed by atoms with E-state index in [1.807, 2.05) is 26.2 Å². The van der Waals surface area contributed by atoms with Crippen molar-refractivity contribution in [1.29, 1.82) is 0 Å². The normalized spacial score (nSPS) is 10.7. The number of carbonyl (C=O) groups is 1. The van der Waals surface area contributed by atoms with Gasteiger partial charge in [-0.1, -0.05) is 11.6 Å². The predicted molar refractivity (Wildman–Crippen MR) is 61.7 cm³/mol. The Morgan fingerprint density at radius 1 is 1.56 bits per heavy atom. The molecule has 16 heavy (non-hydrogen) atoms. The maximum absolute atomic E-state index is 11.9. The van der Waals surface area contributed by atoms with Gasteiger partial charge in [0.15, 0.2) is 0 Å². The minimum Gasteiger partial charge on any atom is -0.348 e. The van der Waals surface area contributed by atoms with Crippen LogP contribution >= 0.6 is 11.6 Å². The highest BCUT2D eigenvalue weighted by atomic mass is 35.5. The van der Waals surface area contributed by atoms with Crippen molar-refractivity contribution in [3.63, 3.8) is 0 Å². The minimum atomic E-state index is 0.0201. The fourth-order valence-electron chi connectivity index (χ4n) is 1.55. The maximum atomic E-state index is 11.9. The minimum absolute atomic E-state index is 0.0201. The molecule has 0 spiro atoms. The second-order valence-corrected chi connectivity index (χ2v) is 4.09. The number of aryl methyl sites for hydroxylation is 2.